The van der Waals surface area contributed by atoms with Crippen LogP contribution >= 0.6 is 0 Å². The van der Waals surface area contributed by atoms with Crippen molar-refractivity contribution in [2.45, 2.75) is 20.3 Å². The molecular formula is C22H25N3O4. The Morgan fingerprint density at radius 1 is 0.966 bits per heavy atom. The van der Waals surface area contributed by atoms with E-state index in [1.165, 1.54) is 7.11 Å². The van der Waals surface area contributed by atoms with E-state index in [0.717, 1.165) is 17.1 Å². The van der Waals surface area contributed by atoms with Crippen LogP contribution < -0.4 is 14.8 Å². The molecule has 0 aliphatic heterocycles. The molecule has 0 aliphatic rings. The lowest BCUT2D eigenvalue weighted by molar-refractivity contribution is 0.0595. The van der Waals surface area contributed by atoms with Crippen molar-refractivity contribution in [2.24, 2.45) is 0 Å². The Hall–Kier alpha value is -3.35. The highest BCUT2D eigenvalue weighted by Crippen LogP contribution is 2.28. The van der Waals surface area contributed by atoms with Gasteiger partial charge in [-0.2, -0.15) is 0 Å². The van der Waals surface area contributed by atoms with E-state index in [-0.39, 0.29) is 5.69 Å². The maximum atomic E-state index is 12.1. The molecule has 0 aliphatic carbocycles. The molecule has 0 bridgehead atoms. The summed E-state index contributed by atoms with van der Waals surface area (Å²) in [5, 5.41) is 3.21. The van der Waals surface area contributed by atoms with Crippen molar-refractivity contribution in [1.82, 2.24) is 9.97 Å². The molecule has 152 valence electrons. The van der Waals surface area contributed by atoms with Crippen molar-refractivity contribution >= 4 is 22.8 Å². The first-order valence-corrected chi connectivity index (χ1v) is 9.63. The monoisotopic (exact) mass is 395 g/mol. The second-order valence-electron chi connectivity index (χ2n) is 6.23. The number of nitrogens with zero attached hydrogens (tertiary/aromatic N) is 2. The van der Waals surface area contributed by atoms with Crippen molar-refractivity contribution in [3.05, 3.63) is 53.7 Å². The molecule has 0 spiro atoms. The largest absolute Gasteiger partial charge is 0.490 e. The van der Waals surface area contributed by atoms with Crippen LogP contribution in [0.2, 0.25) is 0 Å². The SMILES string of the molecule is CCOc1ccc(CCNc2nc3ccccc3nc2C(=O)OC)cc1OCC. The van der Waals surface area contributed by atoms with Crippen molar-refractivity contribution in [3.8, 4) is 11.5 Å². The maximum Gasteiger partial charge on any atom is 0.360 e. The van der Waals surface area contributed by atoms with Gasteiger partial charge in [-0.25, -0.2) is 14.8 Å². The van der Waals surface area contributed by atoms with E-state index in [4.69, 9.17) is 14.2 Å². The first-order chi connectivity index (χ1) is 14.2. The van der Waals surface area contributed by atoms with Crippen molar-refractivity contribution in [3.63, 3.8) is 0 Å². The van der Waals surface area contributed by atoms with Gasteiger partial charge >= 0.3 is 5.97 Å². The summed E-state index contributed by atoms with van der Waals surface area (Å²) >= 11 is 0. The number of carbonyl (C=O) groups excluding carboxylic acids is 1. The summed E-state index contributed by atoms with van der Waals surface area (Å²) in [5.41, 5.74) is 2.61. The van der Waals surface area contributed by atoms with Gasteiger partial charge in [-0.05, 0) is 50.1 Å². The van der Waals surface area contributed by atoms with Crippen LogP contribution in [0, 0.1) is 0 Å². The number of aromatic nitrogens is 2. The minimum Gasteiger partial charge on any atom is -0.490 e. The number of rotatable bonds is 9. The molecule has 3 aromatic rings. The number of para-hydroxylation sites is 2. The van der Waals surface area contributed by atoms with Crippen molar-refractivity contribution in [2.75, 3.05) is 32.2 Å². The van der Waals surface area contributed by atoms with Crippen LogP contribution in [-0.4, -0.2) is 42.8 Å². The van der Waals surface area contributed by atoms with E-state index in [9.17, 15) is 4.79 Å². The number of benzene rings is 2. The smallest absolute Gasteiger partial charge is 0.360 e. The molecule has 7 nitrogen and oxygen atoms in total. The molecule has 1 heterocycles. The third kappa shape index (κ3) is 4.93. The summed E-state index contributed by atoms with van der Waals surface area (Å²) in [6.07, 6.45) is 0.710. The Kier molecular flexibility index (Phi) is 6.84. The van der Waals surface area contributed by atoms with E-state index < -0.39 is 5.97 Å². The fraction of sp³-hybridized carbons (Fsp3) is 0.318. The highest BCUT2D eigenvalue weighted by atomic mass is 16.5. The number of carbonyl (C=O) groups is 1. The highest BCUT2D eigenvalue weighted by molar-refractivity contribution is 5.95. The minimum absolute atomic E-state index is 0.174. The quantitative estimate of drug-likeness (QED) is 0.551. The summed E-state index contributed by atoms with van der Waals surface area (Å²) < 4.78 is 16.1. The zero-order chi connectivity index (χ0) is 20.6. The third-order valence-electron chi connectivity index (χ3n) is 4.26. The Bertz CT molecular complexity index is 991. The van der Waals surface area contributed by atoms with Gasteiger partial charge in [0.15, 0.2) is 23.0 Å². The van der Waals surface area contributed by atoms with E-state index in [2.05, 4.69) is 15.3 Å². The lowest BCUT2D eigenvalue weighted by Gasteiger charge is -2.13. The zero-order valence-corrected chi connectivity index (χ0v) is 16.9. The normalized spacial score (nSPS) is 10.6. The van der Waals surface area contributed by atoms with Crippen LogP contribution in [0.4, 0.5) is 5.82 Å². The molecule has 0 atom stereocenters. The predicted molar refractivity (Wildman–Crippen MR) is 112 cm³/mol. The van der Waals surface area contributed by atoms with E-state index >= 15 is 0 Å². The second kappa shape index (κ2) is 9.73. The Morgan fingerprint density at radius 3 is 2.34 bits per heavy atom. The van der Waals surface area contributed by atoms with Gasteiger partial charge in [-0.15, -0.1) is 0 Å². The number of methoxy groups -OCH3 is 1. The van der Waals surface area contributed by atoms with E-state index in [1.54, 1.807) is 0 Å². The van der Waals surface area contributed by atoms with Gasteiger partial charge in [0.1, 0.15) is 0 Å². The molecule has 7 heteroatoms. The average Bonchev–Trinajstić information content (AvgIpc) is 2.74. The zero-order valence-electron chi connectivity index (χ0n) is 16.9. The average molecular weight is 395 g/mol. The molecule has 2 aromatic carbocycles. The molecule has 0 unspecified atom stereocenters. The number of nitrogens with one attached hydrogen (secondary N) is 1. The fourth-order valence-electron chi connectivity index (χ4n) is 2.94. The fourth-order valence-corrected chi connectivity index (χ4v) is 2.94. The summed E-state index contributed by atoms with van der Waals surface area (Å²) in [6, 6.07) is 13.3. The number of anilines is 1. The first kappa shape index (κ1) is 20.4. The van der Waals surface area contributed by atoms with Crippen LogP contribution in [0.5, 0.6) is 11.5 Å². The van der Waals surface area contributed by atoms with E-state index in [1.807, 2.05) is 56.3 Å². The number of esters is 1. The molecule has 3 rings (SSSR count). The van der Waals surface area contributed by atoms with Crippen LogP contribution in [0.3, 0.4) is 0 Å². The number of hydrogen-bond acceptors (Lipinski definition) is 7. The summed E-state index contributed by atoms with van der Waals surface area (Å²) in [5.74, 6) is 1.35. The molecule has 1 N–H and O–H groups in total. The topological polar surface area (TPSA) is 82.6 Å². The van der Waals surface area contributed by atoms with Gasteiger partial charge in [0, 0.05) is 6.54 Å². The van der Waals surface area contributed by atoms with Gasteiger partial charge in [-0.3, -0.25) is 0 Å². The van der Waals surface area contributed by atoms with Crippen LogP contribution in [-0.2, 0) is 11.2 Å². The number of fused-ring (bicyclic) bond motifs is 1. The standard InChI is InChI=1S/C22H25N3O4/c1-4-28-18-11-10-15(14-19(18)29-5-2)12-13-23-21-20(22(26)27-3)24-16-8-6-7-9-17(16)25-21/h6-11,14H,4-5,12-13H2,1-3H3,(H,23,25). The Morgan fingerprint density at radius 2 is 1.66 bits per heavy atom. The number of ether oxygens (including phenoxy) is 3. The molecule has 0 fully saturated rings. The lowest BCUT2D eigenvalue weighted by Crippen LogP contribution is -2.14. The summed E-state index contributed by atoms with van der Waals surface area (Å²) in [4.78, 5) is 21.1. The predicted octanol–water partition coefficient (Wildman–Crippen LogP) is 3.87. The number of hydrogen-bond donors (Lipinski definition) is 1. The second-order valence-corrected chi connectivity index (χ2v) is 6.23. The third-order valence-corrected chi connectivity index (χ3v) is 4.26. The Balaban J connectivity index is 1.76. The van der Waals surface area contributed by atoms with Gasteiger partial charge < -0.3 is 19.5 Å². The first-order valence-electron chi connectivity index (χ1n) is 9.63. The van der Waals surface area contributed by atoms with Gasteiger partial charge in [0.25, 0.3) is 0 Å². The molecule has 0 saturated heterocycles. The Labute approximate surface area is 170 Å². The summed E-state index contributed by atoms with van der Waals surface area (Å²) in [7, 11) is 1.33. The van der Waals surface area contributed by atoms with Gasteiger partial charge in [0.05, 0.1) is 31.4 Å². The van der Waals surface area contributed by atoms with E-state index in [0.29, 0.717) is 43.0 Å². The molecule has 0 radical (unpaired) electrons. The maximum absolute atomic E-state index is 12.1. The molecule has 0 amide bonds. The van der Waals surface area contributed by atoms with Crippen LogP contribution in [0.1, 0.15) is 29.9 Å². The molecule has 0 saturated carbocycles. The summed E-state index contributed by atoms with van der Waals surface area (Å²) in [6.45, 7) is 5.60. The van der Waals surface area contributed by atoms with Crippen molar-refractivity contribution < 1.29 is 19.0 Å². The molecule has 1 aromatic heterocycles. The van der Waals surface area contributed by atoms with Crippen molar-refractivity contribution in [1.29, 1.82) is 0 Å². The highest BCUT2D eigenvalue weighted by Gasteiger charge is 2.17. The van der Waals surface area contributed by atoms with Crippen LogP contribution in [0.25, 0.3) is 11.0 Å². The minimum atomic E-state index is -0.523. The molecular weight excluding hydrogens is 370 g/mol. The lowest BCUT2D eigenvalue weighted by atomic mass is 10.1. The van der Waals surface area contributed by atoms with Gasteiger partial charge in [-0.1, -0.05) is 18.2 Å². The van der Waals surface area contributed by atoms with Gasteiger partial charge in [0.2, 0.25) is 0 Å². The molecule has 29 heavy (non-hydrogen) atoms. The van der Waals surface area contributed by atoms with Crippen LogP contribution in [0.15, 0.2) is 42.5 Å².